The highest BCUT2D eigenvalue weighted by atomic mass is 16.5. The van der Waals surface area contributed by atoms with E-state index >= 15 is 0 Å². The number of hydrazone groups is 2. The van der Waals surface area contributed by atoms with E-state index < -0.39 is 72.7 Å². The summed E-state index contributed by atoms with van der Waals surface area (Å²) in [6, 6.07) is 47.3. The van der Waals surface area contributed by atoms with E-state index in [0.29, 0.717) is 65.8 Å². The maximum Gasteiger partial charge on any atom is 0.409 e. The standard InChI is InChI=1S/C46H50N8O6.C31H40N8O4.2CH4/c1-3-32(26-49-53-45(58)48-25-29-21-23-31(24-22-29)43(56)47-2)50-40(55)27-54-39-20-12-11-19-37(39)41(30-13-5-4-6-14-30)51-42(44(54)57)52-46(59)60-28-38-35-17-9-7-15-33(35)34-16-8-10-18-36(34)38;1-3-23(18-35-38-31(43)34-17-20-13-15-22(16-14-20)29(41)33-2)36-26(40)19-39-25-12-8-7-11-24(25)27(37-28(32)30(39)42)21-9-5-4-6-10-21;;/h4-20,26,29,31-32,38,42H,3,21-25,27-28H2,1-2H3,(H,47,56)(H,50,55)(H,52,59)(H2,48,53,58);4-12,18,20,22-23,28H,3,13-17,19,32H2,1-2H3,(H,33,41)(H,36,40)(H2,34,38,43);2*1H4/b49-26+;35-18+;;/t29?,31?,32-,42?;20?,22?,23-,28?;;/m00../s1. The molecule has 4 atom stereocenters. The number of para-hydroxylation sites is 2. The minimum Gasteiger partial charge on any atom is -0.449 e. The molecular weight excluding hydrogens is 1330 g/mol. The first-order valence-corrected chi connectivity index (χ1v) is 35.1. The molecular formula is C79H98N16O10. The Labute approximate surface area is 613 Å². The quantitative estimate of drug-likeness (QED) is 0.0214. The van der Waals surface area contributed by atoms with Gasteiger partial charge in [0.2, 0.25) is 29.8 Å². The molecule has 2 heterocycles. The number of nitrogens with one attached hydrogen (secondary N) is 9. The summed E-state index contributed by atoms with van der Waals surface area (Å²) < 4.78 is 5.82. The third-order valence-corrected chi connectivity index (χ3v) is 19.2. The van der Waals surface area contributed by atoms with Crippen molar-refractivity contribution in [1.82, 2.24) is 48.1 Å². The molecule has 26 nitrogen and oxygen atoms in total. The third-order valence-electron chi connectivity index (χ3n) is 19.2. The molecule has 6 aromatic rings. The number of hydrogen-bond acceptors (Lipinski definition) is 15. The van der Waals surface area contributed by atoms with E-state index in [0.717, 1.165) is 84.7 Å². The lowest BCUT2D eigenvalue weighted by atomic mass is 9.81. The average Bonchev–Trinajstić information content (AvgIpc) is 1.64. The Bertz CT molecular complexity index is 4090. The van der Waals surface area contributed by atoms with Gasteiger partial charge in [-0.15, -0.1) is 0 Å². The van der Waals surface area contributed by atoms with Gasteiger partial charge in [-0.1, -0.05) is 174 Å². The van der Waals surface area contributed by atoms with Crippen LogP contribution in [0.3, 0.4) is 0 Å². The predicted molar refractivity (Wildman–Crippen MR) is 409 cm³/mol. The van der Waals surface area contributed by atoms with Crippen LogP contribution in [0.5, 0.6) is 0 Å². The second kappa shape index (κ2) is 38.7. The molecule has 2 aliphatic heterocycles. The topological polar surface area (TPSA) is 353 Å². The van der Waals surface area contributed by atoms with Gasteiger partial charge in [-0.25, -0.2) is 30.2 Å². The number of benzodiazepines with no additional fused rings is 2. The van der Waals surface area contributed by atoms with Gasteiger partial charge >= 0.3 is 18.2 Å². The lowest BCUT2D eigenvalue weighted by molar-refractivity contribution is -0.126. The molecule has 0 bridgehead atoms. The Morgan fingerprint density at radius 3 is 1.34 bits per heavy atom. The number of urea groups is 2. The molecule has 3 aliphatic carbocycles. The van der Waals surface area contributed by atoms with E-state index in [1.54, 1.807) is 38.4 Å². The molecule has 11 rings (SSSR count). The molecule has 2 unspecified atom stereocenters. The van der Waals surface area contributed by atoms with Crippen LogP contribution in [0.1, 0.15) is 132 Å². The van der Waals surface area contributed by atoms with Crippen molar-refractivity contribution in [2.75, 3.05) is 56.7 Å². The molecule has 0 radical (unpaired) electrons. The largest absolute Gasteiger partial charge is 0.449 e. The Balaban J connectivity index is 0.000000275. The monoisotopic (exact) mass is 1430 g/mol. The molecule has 26 heteroatoms. The number of anilines is 2. The molecule has 0 aromatic heterocycles. The van der Waals surface area contributed by atoms with Crippen molar-refractivity contribution in [3.63, 3.8) is 0 Å². The summed E-state index contributed by atoms with van der Waals surface area (Å²) in [6.07, 6.45) is 7.07. The fourth-order valence-corrected chi connectivity index (χ4v) is 13.6. The van der Waals surface area contributed by atoms with E-state index in [9.17, 15) is 43.2 Å². The van der Waals surface area contributed by atoms with Crippen molar-refractivity contribution in [3.05, 3.63) is 191 Å². The highest BCUT2D eigenvalue weighted by Crippen LogP contribution is 2.45. The fraction of sp³-hybridized carbons (Fsp3) is 0.380. The summed E-state index contributed by atoms with van der Waals surface area (Å²) in [7, 11) is 3.30. The number of nitrogens with two attached hydrogens (primary N) is 1. The van der Waals surface area contributed by atoms with Crippen molar-refractivity contribution in [2.24, 2.45) is 49.6 Å². The SMILES string of the molecule is C.C.CC[C@@H](/C=N/NC(=O)NCC1CCC(C(=O)NC)CC1)NC(=O)CN1C(=O)C(N)N=C(c2ccccc2)c2ccccc21.CC[C@@H](/C=N/NC(=O)NCC1CCC(C(=O)NC)CC1)NC(=O)CN1C(=O)C(NC(=O)OCC2c3ccccc3-c3ccccc32)N=C(c2ccccc2)c2ccccc21. The molecule has 11 amide bonds. The van der Waals surface area contributed by atoms with Crippen LogP contribution in [0.2, 0.25) is 0 Å². The van der Waals surface area contributed by atoms with Gasteiger partial charge in [-0.2, -0.15) is 10.2 Å². The van der Waals surface area contributed by atoms with E-state index in [4.69, 9.17) is 15.5 Å². The zero-order valence-corrected chi connectivity index (χ0v) is 58.3. The van der Waals surface area contributed by atoms with Crippen LogP contribution in [0.4, 0.5) is 25.8 Å². The zero-order valence-electron chi connectivity index (χ0n) is 58.3. The Morgan fingerprint density at radius 2 is 0.914 bits per heavy atom. The number of rotatable bonds is 23. The van der Waals surface area contributed by atoms with E-state index in [1.807, 2.05) is 135 Å². The molecule has 6 aromatic carbocycles. The van der Waals surface area contributed by atoms with Crippen LogP contribution in [0, 0.1) is 23.7 Å². The highest BCUT2D eigenvalue weighted by Gasteiger charge is 2.37. The van der Waals surface area contributed by atoms with Gasteiger partial charge in [0.25, 0.3) is 11.8 Å². The number of nitrogens with zero attached hydrogens (tertiary/aromatic N) is 6. The summed E-state index contributed by atoms with van der Waals surface area (Å²) in [5.74, 6) is -1.41. The first-order valence-electron chi connectivity index (χ1n) is 35.1. The van der Waals surface area contributed by atoms with Gasteiger partial charge in [-0.3, -0.25) is 48.9 Å². The number of carbonyl (C=O) groups is 9. The van der Waals surface area contributed by atoms with Gasteiger partial charge in [-0.05, 0) is 110 Å². The Kier molecular flexibility index (Phi) is 29.3. The second-order valence-corrected chi connectivity index (χ2v) is 25.9. The van der Waals surface area contributed by atoms with Gasteiger partial charge in [0.15, 0.2) is 6.17 Å². The third kappa shape index (κ3) is 20.7. The molecule has 0 saturated heterocycles. The number of amides is 11. The minimum atomic E-state index is -1.42. The predicted octanol–water partition coefficient (Wildman–Crippen LogP) is 8.63. The maximum atomic E-state index is 14.5. The molecule has 11 N–H and O–H groups in total. The summed E-state index contributed by atoms with van der Waals surface area (Å²) in [6.45, 7) is 4.08. The summed E-state index contributed by atoms with van der Waals surface area (Å²) in [5.41, 5.74) is 20.2. The first-order chi connectivity index (χ1) is 50.0. The zero-order chi connectivity index (χ0) is 72.8. The number of carbonyl (C=O) groups excluding carboxylic acids is 9. The van der Waals surface area contributed by atoms with E-state index in [1.165, 1.54) is 22.2 Å². The summed E-state index contributed by atoms with van der Waals surface area (Å²) in [5, 5.41) is 27.6. The van der Waals surface area contributed by atoms with Crippen molar-refractivity contribution in [3.8, 4) is 11.1 Å². The smallest absolute Gasteiger partial charge is 0.409 e. The van der Waals surface area contributed by atoms with Crippen LogP contribution in [0.15, 0.2) is 178 Å². The summed E-state index contributed by atoms with van der Waals surface area (Å²) in [4.78, 5) is 129. The lowest BCUT2D eigenvalue weighted by Gasteiger charge is -2.27. The van der Waals surface area contributed by atoms with E-state index in [-0.39, 0.29) is 63.5 Å². The van der Waals surface area contributed by atoms with Crippen molar-refractivity contribution < 1.29 is 47.9 Å². The number of benzene rings is 6. The van der Waals surface area contributed by atoms with Crippen LogP contribution in [-0.4, -0.2) is 149 Å². The van der Waals surface area contributed by atoms with Crippen LogP contribution in [-0.2, 0) is 33.5 Å². The number of alkyl carbamates (subject to hydrolysis) is 1. The minimum absolute atomic E-state index is 0. The second-order valence-electron chi connectivity index (χ2n) is 25.9. The number of ether oxygens (including phenoxy) is 1. The van der Waals surface area contributed by atoms with Gasteiger partial charge in [0.1, 0.15) is 19.7 Å². The van der Waals surface area contributed by atoms with Crippen LogP contribution < -0.4 is 63.6 Å². The number of fused-ring (bicyclic) bond motifs is 5. The van der Waals surface area contributed by atoms with Crippen LogP contribution in [0.25, 0.3) is 11.1 Å². The molecule has 2 saturated carbocycles. The van der Waals surface area contributed by atoms with Crippen molar-refractivity contribution in [2.45, 2.75) is 123 Å². The van der Waals surface area contributed by atoms with Crippen LogP contribution >= 0.6 is 0 Å². The lowest BCUT2D eigenvalue weighted by Crippen LogP contribution is -2.51. The van der Waals surface area contributed by atoms with Crippen molar-refractivity contribution in [1.29, 1.82) is 0 Å². The van der Waals surface area contributed by atoms with Gasteiger partial charge in [0, 0.05) is 79.6 Å². The number of aliphatic imine (C=N–C) groups is 2. The maximum absolute atomic E-state index is 14.5. The summed E-state index contributed by atoms with van der Waals surface area (Å²) >= 11 is 0. The molecule has 5 aliphatic rings. The number of hydrogen-bond donors (Lipinski definition) is 10. The van der Waals surface area contributed by atoms with Gasteiger partial charge < -0.3 is 42.4 Å². The molecule has 105 heavy (non-hydrogen) atoms. The normalized spacial score (nSPS) is 19.3. The Hall–Kier alpha value is -11.4. The molecule has 0 spiro atoms. The van der Waals surface area contributed by atoms with Crippen molar-refractivity contribution >= 4 is 88.8 Å². The molecule has 554 valence electrons. The fourth-order valence-electron chi connectivity index (χ4n) is 13.6. The molecule has 2 fully saturated rings. The highest BCUT2D eigenvalue weighted by molar-refractivity contribution is 6.22. The van der Waals surface area contributed by atoms with E-state index in [2.05, 4.69) is 75.4 Å². The first kappa shape index (κ1) is 79.3. The van der Waals surface area contributed by atoms with Gasteiger partial charge in [0.05, 0.1) is 34.9 Å². The average molecular weight is 1430 g/mol. The Morgan fingerprint density at radius 1 is 0.524 bits per heavy atom.